The fraction of sp³-hybridized carbons (Fsp3) is 0.750. The Kier molecular flexibility index (Phi) is 4.70. The first-order chi connectivity index (χ1) is 8.89. The van der Waals surface area contributed by atoms with E-state index in [1.165, 1.54) is 4.88 Å². The van der Waals surface area contributed by atoms with Crippen molar-refractivity contribution < 1.29 is 0 Å². The third-order valence-electron chi connectivity index (χ3n) is 4.11. The number of hydrogen-bond acceptors (Lipinski definition) is 3. The van der Waals surface area contributed by atoms with Crippen LogP contribution in [0, 0.1) is 11.3 Å². The summed E-state index contributed by atoms with van der Waals surface area (Å²) in [5.41, 5.74) is 0.329. The van der Waals surface area contributed by atoms with Crippen LogP contribution in [0.5, 0.6) is 0 Å². The second-order valence-corrected chi connectivity index (χ2v) is 8.05. The smallest absolute Gasteiger partial charge is 0.0465 e. The SMILES string of the molecule is CC(C)C(c1cccs1)N1CCNC(C(C)(C)C)C1. The molecule has 0 saturated carbocycles. The van der Waals surface area contributed by atoms with E-state index in [1.54, 1.807) is 0 Å². The quantitative estimate of drug-likeness (QED) is 0.907. The summed E-state index contributed by atoms with van der Waals surface area (Å²) in [5.74, 6) is 0.664. The van der Waals surface area contributed by atoms with Crippen LogP contribution in [0.3, 0.4) is 0 Å². The lowest BCUT2D eigenvalue weighted by molar-refractivity contribution is 0.0789. The molecule has 0 bridgehead atoms. The molecule has 1 aliphatic rings. The highest BCUT2D eigenvalue weighted by Crippen LogP contribution is 2.34. The van der Waals surface area contributed by atoms with Crippen LogP contribution in [-0.2, 0) is 0 Å². The Morgan fingerprint density at radius 2 is 2.11 bits per heavy atom. The van der Waals surface area contributed by atoms with Crippen molar-refractivity contribution in [3.05, 3.63) is 22.4 Å². The van der Waals surface area contributed by atoms with E-state index in [0.717, 1.165) is 19.6 Å². The number of thiophene rings is 1. The van der Waals surface area contributed by atoms with Crippen molar-refractivity contribution in [2.75, 3.05) is 19.6 Å². The number of nitrogens with zero attached hydrogens (tertiary/aromatic N) is 1. The van der Waals surface area contributed by atoms with Gasteiger partial charge >= 0.3 is 0 Å². The minimum absolute atomic E-state index is 0.329. The van der Waals surface area contributed by atoms with Gasteiger partial charge in [-0.05, 0) is 22.8 Å². The zero-order valence-electron chi connectivity index (χ0n) is 12.9. The molecule has 0 spiro atoms. The highest BCUT2D eigenvalue weighted by Gasteiger charge is 2.33. The Bertz CT molecular complexity index is 378. The molecular formula is C16H28N2S. The molecule has 3 heteroatoms. The predicted octanol–water partition coefficient (Wildman–Crippen LogP) is 3.77. The van der Waals surface area contributed by atoms with Gasteiger partial charge in [-0.25, -0.2) is 0 Å². The molecule has 2 atom stereocenters. The van der Waals surface area contributed by atoms with Gasteiger partial charge < -0.3 is 5.32 Å². The van der Waals surface area contributed by atoms with Gasteiger partial charge in [-0.15, -0.1) is 11.3 Å². The van der Waals surface area contributed by atoms with Crippen LogP contribution in [0.15, 0.2) is 17.5 Å². The second kappa shape index (κ2) is 5.94. The predicted molar refractivity (Wildman–Crippen MR) is 84.7 cm³/mol. The summed E-state index contributed by atoms with van der Waals surface area (Å²) >= 11 is 1.90. The Morgan fingerprint density at radius 3 is 2.63 bits per heavy atom. The van der Waals surface area contributed by atoms with Crippen LogP contribution in [-0.4, -0.2) is 30.6 Å². The molecule has 2 unspecified atom stereocenters. The molecule has 0 amide bonds. The monoisotopic (exact) mass is 280 g/mol. The average Bonchev–Trinajstić information content (AvgIpc) is 2.81. The molecule has 0 radical (unpaired) electrons. The summed E-state index contributed by atoms with van der Waals surface area (Å²) < 4.78 is 0. The molecule has 108 valence electrons. The van der Waals surface area contributed by atoms with E-state index < -0.39 is 0 Å². The van der Waals surface area contributed by atoms with E-state index in [9.17, 15) is 0 Å². The fourth-order valence-corrected chi connectivity index (χ4v) is 4.03. The fourth-order valence-electron chi connectivity index (χ4n) is 3.00. The second-order valence-electron chi connectivity index (χ2n) is 7.07. The molecule has 2 heterocycles. The zero-order valence-corrected chi connectivity index (χ0v) is 13.8. The van der Waals surface area contributed by atoms with E-state index in [4.69, 9.17) is 0 Å². The minimum atomic E-state index is 0.329. The minimum Gasteiger partial charge on any atom is -0.311 e. The van der Waals surface area contributed by atoms with Gasteiger partial charge in [-0.2, -0.15) is 0 Å². The van der Waals surface area contributed by atoms with E-state index in [-0.39, 0.29) is 0 Å². The van der Waals surface area contributed by atoms with Gasteiger partial charge in [0.1, 0.15) is 0 Å². The van der Waals surface area contributed by atoms with E-state index in [1.807, 2.05) is 11.3 Å². The summed E-state index contributed by atoms with van der Waals surface area (Å²) in [6, 6.07) is 5.64. The van der Waals surface area contributed by atoms with Crippen molar-refractivity contribution in [3.63, 3.8) is 0 Å². The summed E-state index contributed by atoms with van der Waals surface area (Å²) in [6.45, 7) is 15.1. The van der Waals surface area contributed by atoms with Gasteiger partial charge in [-0.3, -0.25) is 4.90 Å². The van der Waals surface area contributed by atoms with Gasteiger partial charge in [0.2, 0.25) is 0 Å². The Hall–Kier alpha value is -0.380. The molecule has 1 saturated heterocycles. The molecule has 2 rings (SSSR count). The highest BCUT2D eigenvalue weighted by atomic mass is 32.1. The molecule has 1 fully saturated rings. The van der Waals surface area contributed by atoms with Crippen LogP contribution in [0.2, 0.25) is 0 Å². The van der Waals surface area contributed by atoms with Gasteiger partial charge in [0.05, 0.1) is 0 Å². The average molecular weight is 280 g/mol. The molecule has 1 aromatic heterocycles. The Morgan fingerprint density at radius 1 is 1.37 bits per heavy atom. The summed E-state index contributed by atoms with van der Waals surface area (Å²) in [6.07, 6.45) is 0. The van der Waals surface area contributed by atoms with E-state index in [2.05, 4.69) is 62.3 Å². The Balaban J connectivity index is 2.14. The van der Waals surface area contributed by atoms with E-state index in [0.29, 0.717) is 23.4 Å². The summed E-state index contributed by atoms with van der Waals surface area (Å²) in [5, 5.41) is 5.89. The maximum atomic E-state index is 3.69. The lowest BCUT2D eigenvalue weighted by atomic mass is 9.84. The lowest BCUT2D eigenvalue weighted by Crippen LogP contribution is -2.56. The Labute approximate surface area is 122 Å². The summed E-state index contributed by atoms with van der Waals surface area (Å²) in [7, 11) is 0. The molecule has 0 aromatic carbocycles. The van der Waals surface area contributed by atoms with Crippen molar-refractivity contribution in [3.8, 4) is 0 Å². The third kappa shape index (κ3) is 3.59. The first-order valence-corrected chi connectivity index (χ1v) is 8.28. The molecular weight excluding hydrogens is 252 g/mol. The van der Waals surface area contributed by atoms with Crippen LogP contribution in [0.4, 0.5) is 0 Å². The van der Waals surface area contributed by atoms with Crippen LogP contribution in [0.1, 0.15) is 45.5 Å². The topological polar surface area (TPSA) is 15.3 Å². The molecule has 19 heavy (non-hydrogen) atoms. The number of piperazine rings is 1. The largest absolute Gasteiger partial charge is 0.311 e. The molecule has 1 aromatic rings. The highest BCUT2D eigenvalue weighted by molar-refractivity contribution is 7.10. The summed E-state index contributed by atoms with van der Waals surface area (Å²) in [4.78, 5) is 4.20. The van der Waals surface area contributed by atoms with Crippen LogP contribution < -0.4 is 5.32 Å². The van der Waals surface area contributed by atoms with Crippen LogP contribution >= 0.6 is 11.3 Å². The number of rotatable bonds is 3. The van der Waals surface area contributed by atoms with Crippen molar-refractivity contribution in [1.82, 2.24) is 10.2 Å². The van der Waals surface area contributed by atoms with Crippen molar-refractivity contribution in [2.45, 2.75) is 46.7 Å². The maximum absolute atomic E-state index is 3.69. The molecule has 0 aliphatic carbocycles. The van der Waals surface area contributed by atoms with Crippen LogP contribution in [0.25, 0.3) is 0 Å². The molecule has 1 aliphatic heterocycles. The number of hydrogen-bond donors (Lipinski definition) is 1. The van der Waals surface area contributed by atoms with Gasteiger partial charge in [0.25, 0.3) is 0 Å². The van der Waals surface area contributed by atoms with Gasteiger partial charge in [0.15, 0.2) is 0 Å². The number of nitrogens with one attached hydrogen (secondary N) is 1. The first kappa shape index (κ1) is 15.0. The van der Waals surface area contributed by atoms with Gasteiger partial charge in [-0.1, -0.05) is 40.7 Å². The third-order valence-corrected chi connectivity index (χ3v) is 5.05. The van der Waals surface area contributed by atoms with Gasteiger partial charge in [0, 0.05) is 36.6 Å². The zero-order chi connectivity index (χ0) is 14.0. The standard InChI is InChI=1S/C16H28N2S/c1-12(2)15(13-7-6-10-19-13)18-9-8-17-14(11-18)16(3,4)5/h6-7,10,12,14-15,17H,8-9,11H2,1-5H3. The van der Waals surface area contributed by atoms with Crippen molar-refractivity contribution >= 4 is 11.3 Å². The van der Waals surface area contributed by atoms with Crippen molar-refractivity contribution in [1.29, 1.82) is 0 Å². The van der Waals surface area contributed by atoms with E-state index >= 15 is 0 Å². The first-order valence-electron chi connectivity index (χ1n) is 7.40. The maximum Gasteiger partial charge on any atom is 0.0465 e. The molecule has 2 nitrogen and oxygen atoms in total. The normalized spacial score (nSPS) is 23.8. The molecule has 1 N–H and O–H groups in total. The van der Waals surface area contributed by atoms with Crippen molar-refractivity contribution in [2.24, 2.45) is 11.3 Å². The lowest BCUT2D eigenvalue weighted by Gasteiger charge is -2.44.